The van der Waals surface area contributed by atoms with Crippen molar-refractivity contribution in [1.29, 1.82) is 0 Å². The van der Waals surface area contributed by atoms with Gasteiger partial charge >= 0.3 is 5.97 Å². The van der Waals surface area contributed by atoms with E-state index in [9.17, 15) is 4.79 Å². The number of fused-ring (bicyclic) bond motifs is 1. The molecule has 0 saturated carbocycles. The fourth-order valence-electron chi connectivity index (χ4n) is 1.68. The third kappa shape index (κ3) is 2.37. The lowest BCUT2D eigenvalue weighted by Crippen LogP contribution is -2.09. The number of aromatic nitrogens is 4. The summed E-state index contributed by atoms with van der Waals surface area (Å²) in [5, 5.41) is 0. The first-order chi connectivity index (χ1) is 8.76. The van der Waals surface area contributed by atoms with E-state index in [1.165, 1.54) is 6.33 Å². The van der Waals surface area contributed by atoms with E-state index < -0.39 is 0 Å². The average molecular weight is 246 g/mol. The van der Waals surface area contributed by atoms with Crippen LogP contribution in [0.1, 0.15) is 12.6 Å². The van der Waals surface area contributed by atoms with Crippen LogP contribution in [-0.2, 0) is 22.5 Å². The molecule has 0 N–H and O–H groups in total. The first kappa shape index (κ1) is 12.2. The van der Waals surface area contributed by atoms with E-state index in [2.05, 4.69) is 21.5 Å². The molecule has 2 heterocycles. The highest BCUT2D eigenvalue weighted by Gasteiger charge is 2.13. The second kappa shape index (κ2) is 5.39. The van der Waals surface area contributed by atoms with E-state index in [-0.39, 0.29) is 12.4 Å². The lowest BCUT2D eigenvalue weighted by Gasteiger charge is -2.02. The van der Waals surface area contributed by atoms with E-state index in [0.717, 1.165) is 0 Å². The van der Waals surface area contributed by atoms with Gasteiger partial charge in [-0.05, 0) is 6.92 Å². The van der Waals surface area contributed by atoms with Crippen LogP contribution in [0.15, 0.2) is 25.3 Å². The maximum Gasteiger partial charge on any atom is 0.311 e. The zero-order valence-corrected chi connectivity index (χ0v) is 10.2. The Kier molecular flexibility index (Phi) is 3.66. The number of hydrogen-bond acceptors (Lipinski definition) is 5. The summed E-state index contributed by atoms with van der Waals surface area (Å²) in [6.45, 7) is 6.42. The van der Waals surface area contributed by atoms with Gasteiger partial charge < -0.3 is 9.30 Å². The summed E-state index contributed by atoms with van der Waals surface area (Å²) in [5.74, 6) is -0.309. The van der Waals surface area contributed by atoms with Gasteiger partial charge in [0.15, 0.2) is 5.65 Å². The van der Waals surface area contributed by atoms with Crippen LogP contribution in [0.2, 0.25) is 0 Å². The second-order valence-electron chi connectivity index (χ2n) is 3.66. The van der Waals surface area contributed by atoms with E-state index in [4.69, 9.17) is 4.74 Å². The zero-order chi connectivity index (χ0) is 13.0. The van der Waals surface area contributed by atoms with Gasteiger partial charge in [-0.3, -0.25) is 4.79 Å². The normalized spacial score (nSPS) is 10.5. The first-order valence-corrected chi connectivity index (χ1v) is 5.67. The third-order valence-electron chi connectivity index (χ3n) is 2.42. The zero-order valence-electron chi connectivity index (χ0n) is 10.2. The fraction of sp³-hybridized carbons (Fsp3) is 0.333. The SMILES string of the molecule is C=CCn1cnc2c(CC(=O)OCC)ncnc21. The second-order valence-corrected chi connectivity index (χ2v) is 3.66. The quantitative estimate of drug-likeness (QED) is 0.584. The topological polar surface area (TPSA) is 69.9 Å². The molecule has 2 aromatic rings. The number of nitrogens with zero attached hydrogens (tertiary/aromatic N) is 4. The molecule has 0 aliphatic rings. The lowest BCUT2D eigenvalue weighted by atomic mass is 10.3. The van der Waals surface area contributed by atoms with Crippen molar-refractivity contribution in [2.24, 2.45) is 0 Å². The molecule has 0 aromatic carbocycles. The predicted molar refractivity (Wildman–Crippen MR) is 65.9 cm³/mol. The molecular weight excluding hydrogens is 232 g/mol. The van der Waals surface area contributed by atoms with Gasteiger partial charge in [-0.25, -0.2) is 15.0 Å². The minimum Gasteiger partial charge on any atom is -0.466 e. The van der Waals surface area contributed by atoms with Crippen molar-refractivity contribution in [2.75, 3.05) is 6.61 Å². The molecule has 0 saturated heterocycles. The van der Waals surface area contributed by atoms with Crippen molar-refractivity contribution in [3.63, 3.8) is 0 Å². The maximum atomic E-state index is 11.5. The minimum atomic E-state index is -0.309. The van der Waals surface area contributed by atoms with Crippen LogP contribution < -0.4 is 0 Å². The van der Waals surface area contributed by atoms with Crippen molar-refractivity contribution in [3.8, 4) is 0 Å². The Morgan fingerprint density at radius 2 is 2.33 bits per heavy atom. The van der Waals surface area contributed by atoms with Crippen LogP contribution in [0, 0.1) is 0 Å². The highest BCUT2D eigenvalue weighted by molar-refractivity contribution is 5.80. The highest BCUT2D eigenvalue weighted by Crippen LogP contribution is 2.13. The van der Waals surface area contributed by atoms with Crippen molar-refractivity contribution in [2.45, 2.75) is 19.9 Å². The largest absolute Gasteiger partial charge is 0.466 e. The molecule has 18 heavy (non-hydrogen) atoms. The Morgan fingerprint density at radius 1 is 1.50 bits per heavy atom. The summed E-state index contributed by atoms with van der Waals surface area (Å²) >= 11 is 0. The van der Waals surface area contributed by atoms with Gasteiger partial charge in [0, 0.05) is 6.54 Å². The van der Waals surface area contributed by atoms with Gasteiger partial charge in [-0.2, -0.15) is 0 Å². The van der Waals surface area contributed by atoms with Crippen LogP contribution in [-0.4, -0.2) is 32.1 Å². The molecule has 94 valence electrons. The number of rotatable bonds is 5. The Labute approximate surface area is 104 Å². The van der Waals surface area contributed by atoms with Crippen LogP contribution >= 0.6 is 0 Å². The van der Waals surface area contributed by atoms with Crippen LogP contribution in [0.25, 0.3) is 11.2 Å². The number of carbonyl (C=O) groups is 1. The molecule has 6 nitrogen and oxygen atoms in total. The van der Waals surface area contributed by atoms with Crippen LogP contribution in [0.5, 0.6) is 0 Å². The van der Waals surface area contributed by atoms with Crippen molar-refractivity contribution >= 4 is 17.1 Å². The van der Waals surface area contributed by atoms with Crippen molar-refractivity contribution in [3.05, 3.63) is 31.0 Å². The Hall–Kier alpha value is -2.24. The molecule has 0 spiro atoms. The molecule has 0 aliphatic carbocycles. The van der Waals surface area contributed by atoms with Gasteiger partial charge in [-0.15, -0.1) is 6.58 Å². The number of hydrogen-bond donors (Lipinski definition) is 0. The summed E-state index contributed by atoms with van der Waals surface area (Å²) in [7, 11) is 0. The van der Waals surface area contributed by atoms with E-state index in [0.29, 0.717) is 30.0 Å². The Bertz CT molecular complexity index is 576. The molecule has 0 bridgehead atoms. The molecule has 0 unspecified atom stereocenters. The predicted octanol–water partition coefficient (Wildman–Crippen LogP) is 1.12. The number of allylic oxidation sites excluding steroid dienone is 1. The minimum absolute atomic E-state index is 0.109. The molecule has 0 aliphatic heterocycles. The monoisotopic (exact) mass is 246 g/mol. The highest BCUT2D eigenvalue weighted by atomic mass is 16.5. The molecular formula is C12H14N4O2. The third-order valence-corrected chi connectivity index (χ3v) is 2.42. The van der Waals surface area contributed by atoms with Gasteiger partial charge in [0.05, 0.1) is 25.0 Å². The van der Waals surface area contributed by atoms with Gasteiger partial charge in [-0.1, -0.05) is 6.08 Å². The van der Waals surface area contributed by atoms with Crippen LogP contribution in [0.4, 0.5) is 0 Å². The average Bonchev–Trinajstić information content (AvgIpc) is 2.75. The molecule has 2 aromatic heterocycles. The summed E-state index contributed by atoms with van der Waals surface area (Å²) in [6.07, 6.45) is 4.96. The Balaban J connectivity index is 2.34. The summed E-state index contributed by atoms with van der Waals surface area (Å²) in [4.78, 5) is 23.9. The van der Waals surface area contributed by atoms with Gasteiger partial charge in [0.25, 0.3) is 0 Å². The first-order valence-electron chi connectivity index (χ1n) is 5.67. The molecule has 0 fully saturated rings. The molecule has 0 amide bonds. The fourth-order valence-corrected chi connectivity index (χ4v) is 1.68. The van der Waals surface area contributed by atoms with Crippen LogP contribution in [0.3, 0.4) is 0 Å². The number of esters is 1. The number of imidazole rings is 1. The summed E-state index contributed by atoms with van der Waals surface area (Å²) in [5.41, 5.74) is 1.91. The summed E-state index contributed by atoms with van der Waals surface area (Å²) < 4.78 is 6.74. The molecule has 6 heteroatoms. The van der Waals surface area contributed by atoms with E-state index >= 15 is 0 Å². The standard InChI is InChI=1S/C12H14N4O2/c1-3-5-16-8-15-11-9(6-10(17)18-4-2)13-7-14-12(11)16/h3,7-8H,1,4-6H2,2H3. The van der Waals surface area contributed by atoms with E-state index in [1.54, 1.807) is 19.3 Å². The smallest absolute Gasteiger partial charge is 0.311 e. The maximum absolute atomic E-state index is 11.5. The summed E-state index contributed by atoms with van der Waals surface area (Å²) in [6, 6.07) is 0. The Morgan fingerprint density at radius 3 is 3.06 bits per heavy atom. The molecule has 0 radical (unpaired) electrons. The van der Waals surface area contributed by atoms with Crippen molar-refractivity contribution in [1.82, 2.24) is 19.5 Å². The van der Waals surface area contributed by atoms with Crippen molar-refractivity contribution < 1.29 is 9.53 Å². The number of ether oxygens (including phenoxy) is 1. The van der Waals surface area contributed by atoms with E-state index in [1.807, 2.05) is 4.57 Å². The number of carbonyl (C=O) groups excluding carboxylic acids is 1. The van der Waals surface area contributed by atoms with Gasteiger partial charge in [0.1, 0.15) is 11.8 Å². The molecule has 0 atom stereocenters. The lowest BCUT2D eigenvalue weighted by molar-refractivity contribution is -0.142. The molecule has 2 rings (SSSR count). The van der Waals surface area contributed by atoms with Gasteiger partial charge in [0.2, 0.25) is 0 Å².